The van der Waals surface area contributed by atoms with Gasteiger partial charge < -0.3 is 15.7 Å². The van der Waals surface area contributed by atoms with E-state index in [1.807, 2.05) is 41.5 Å². The van der Waals surface area contributed by atoms with Crippen LogP contribution in [0, 0.1) is 10.8 Å². The second-order valence-corrected chi connectivity index (χ2v) is 7.45. The average molecular weight is 272 g/mol. The van der Waals surface area contributed by atoms with Crippen molar-refractivity contribution >= 4 is 12.0 Å². The van der Waals surface area contributed by atoms with Crippen molar-refractivity contribution < 1.29 is 14.7 Å². The van der Waals surface area contributed by atoms with E-state index in [-0.39, 0.29) is 29.3 Å². The lowest BCUT2D eigenvalue weighted by Gasteiger charge is -2.26. The molecule has 112 valence electrons. The lowest BCUT2D eigenvalue weighted by molar-refractivity contribution is -0.137. The molecule has 0 rings (SSSR count). The Hall–Kier alpha value is -1.26. The second kappa shape index (κ2) is 6.78. The number of carboxylic acids is 1. The topological polar surface area (TPSA) is 78.4 Å². The standard InChI is InChI=1S/C14H28N2O3/c1-13(2,3)8-10(7-11(17)18)16-12(19)15-9-14(4,5)6/h10H,7-9H2,1-6H3,(H,17,18)(H2,15,16,19). The van der Waals surface area contributed by atoms with E-state index >= 15 is 0 Å². The number of amides is 2. The first kappa shape index (κ1) is 17.7. The molecule has 0 bridgehead atoms. The summed E-state index contributed by atoms with van der Waals surface area (Å²) < 4.78 is 0. The number of hydrogen-bond donors (Lipinski definition) is 3. The Labute approximate surface area is 116 Å². The van der Waals surface area contributed by atoms with Crippen molar-refractivity contribution in [1.29, 1.82) is 0 Å². The van der Waals surface area contributed by atoms with Crippen molar-refractivity contribution in [3.63, 3.8) is 0 Å². The van der Waals surface area contributed by atoms with E-state index in [2.05, 4.69) is 10.6 Å². The van der Waals surface area contributed by atoms with E-state index in [4.69, 9.17) is 5.11 Å². The van der Waals surface area contributed by atoms with Crippen molar-refractivity contribution in [2.24, 2.45) is 10.8 Å². The molecule has 0 fully saturated rings. The van der Waals surface area contributed by atoms with Crippen LogP contribution in [0.2, 0.25) is 0 Å². The van der Waals surface area contributed by atoms with Gasteiger partial charge in [-0.15, -0.1) is 0 Å². The number of rotatable bonds is 5. The number of aliphatic carboxylic acids is 1. The van der Waals surface area contributed by atoms with Gasteiger partial charge in [0.1, 0.15) is 0 Å². The van der Waals surface area contributed by atoms with Crippen molar-refractivity contribution in [3.05, 3.63) is 0 Å². The first-order valence-corrected chi connectivity index (χ1v) is 6.65. The van der Waals surface area contributed by atoms with Crippen molar-refractivity contribution in [2.45, 2.75) is 60.4 Å². The van der Waals surface area contributed by atoms with Gasteiger partial charge in [-0.25, -0.2) is 4.79 Å². The van der Waals surface area contributed by atoms with Crippen LogP contribution in [0.4, 0.5) is 4.79 Å². The van der Waals surface area contributed by atoms with Gasteiger partial charge in [0.2, 0.25) is 0 Å². The fourth-order valence-electron chi connectivity index (χ4n) is 1.71. The molecular weight excluding hydrogens is 244 g/mol. The Morgan fingerprint density at radius 1 is 1.05 bits per heavy atom. The van der Waals surface area contributed by atoms with Gasteiger partial charge in [0.05, 0.1) is 6.42 Å². The summed E-state index contributed by atoms with van der Waals surface area (Å²) in [7, 11) is 0. The van der Waals surface area contributed by atoms with Crippen LogP contribution < -0.4 is 10.6 Å². The fraction of sp³-hybridized carbons (Fsp3) is 0.857. The van der Waals surface area contributed by atoms with E-state index in [1.54, 1.807) is 0 Å². The van der Waals surface area contributed by atoms with Gasteiger partial charge in [-0.1, -0.05) is 41.5 Å². The summed E-state index contributed by atoms with van der Waals surface area (Å²) in [6, 6.07) is -0.650. The maximum absolute atomic E-state index is 11.8. The first-order chi connectivity index (χ1) is 8.39. The highest BCUT2D eigenvalue weighted by Gasteiger charge is 2.23. The van der Waals surface area contributed by atoms with Gasteiger partial charge in [0.15, 0.2) is 0 Å². The van der Waals surface area contributed by atoms with Crippen LogP contribution in [0.5, 0.6) is 0 Å². The molecule has 3 N–H and O–H groups in total. The van der Waals surface area contributed by atoms with Crippen LogP contribution >= 0.6 is 0 Å². The zero-order valence-corrected chi connectivity index (χ0v) is 13.0. The average Bonchev–Trinajstić information content (AvgIpc) is 2.09. The number of urea groups is 1. The molecule has 0 aromatic rings. The molecule has 0 aliphatic heterocycles. The molecule has 5 heteroatoms. The summed E-state index contributed by atoms with van der Waals surface area (Å²) in [5.74, 6) is -0.898. The lowest BCUT2D eigenvalue weighted by Crippen LogP contribution is -2.46. The molecule has 0 saturated heterocycles. The zero-order chi connectivity index (χ0) is 15.3. The van der Waals surface area contributed by atoms with Crippen LogP contribution in [0.15, 0.2) is 0 Å². The number of nitrogens with one attached hydrogen (secondary N) is 2. The zero-order valence-electron chi connectivity index (χ0n) is 13.0. The van der Waals surface area contributed by atoms with Gasteiger partial charge in [-0.3, -0.25) is 4.79 Å². The predicted octanol–water partition coefficient (Wildman–Crippen LogP) is 2.61. The quantitative estimate of drug-likeness (QED) is 0.720. The van der Waals surface area contributed by atoms with E-state index in [1.165, 1.54) is 0 Å². The number of carbonyl (C=O) groups is 2. The third kappa shape index (κ3) is 11.6. The Bertz CT molecular complexity index is 314. The van der Waals surface area contributed by atoms with E-state index in [0.29, 0.717) is 13.0 Å². The van der Waals surface area contributed by atoms with Crippen LogP contribution in [0.25, 0.3) is 0 Å². The molecule has 0 aromatic heterocycles. The summed E-state index contributed by atoms with van der Waals surface area (Å²) in [5.41, 5.74) is -0.0267. The summed E-state index contributed by atoms with van der Waals surface area (Å²) in [5, 5.41) is 14.4. The molecule has 0 spiro atoms. The van der Waals surface area contributed by atoms with Crippen molar-refractivity contribution in [3.8, 4) is 0 Å². The molecule has 0 aliphatic carbocycles. The molecular formula is C14H28N2O3. The lowest BCUT2D eigenvalue weighted by atomic mass is 9.87. The third-order valence-electron chi connectivity index (χ3n) is 2.39. The molecule has 0 radical (unpaired) electrons. The maximum Gasteiger partial charge on any atom is 0.315 e. The second-order valence-electron chi connectivity index (χ2n) is 7.45. The van der Waals surface area contributed by atoms with E-state index in [9.17, 15) is 9.59 Å². The van der Waals surface area contributed by atoms with Crippen molar-refractivity contribution in [2.75, 3.05) is 6.54 Å². The number of hydrogen-bond acceptors (Lipinski definition) is 2. The highest BCUT2D eigenvalue weighted by atomic mass is 16.4. The normalized spacial score (nSPS) is 13.8. The number of carboxylic acid groups (broad SMARTS) is 1. The molecule has 0 aromatic carbocycles. The Balaban J connectivity index is 4.39. The van der Waals surface area contributed by atoms with Gasteiger partial charge in [-0.05, 0) is 17.3 Å². The SMILES string of the molecule is CC(C)(C)CNC(=O)NC(CC(=O)O)CC(C)(C)C. The van der Waals surface area contributed by atoms with Gasteiger partial charge in [0, 0.05) is 12.6 Å². The number of carbonyl (C=O) groups excluding carboxylic acids is 1. The molecule has 0 heterocycles. The van der Waals surface area contributed by atoms with Crippen LogP contribution in [0.1, 0.15) is 54.4 Å². The van der Waals surface area contributed by atoms with Crippen LogP contribution in [-0.4, -0.2) is 29.7 Å². The molecule has 1 unspecified atom stereocenters. The largest absolute Gasteiger partial charge is 0.481 e. The highest BCUT2D eigenvalue weighted by molar-refractivity contribution is 5.75. The van der Waals surface area contributed by atoms with Gasteiger partial charge >= 0.3 is 12.0 Å². The monoisotopic (exact) mass is 272 g/mol. The third-order valence-corrected chi connectivity index (χ3v) is 2.39. The summed E-state index contributed by atoms with van der Waals surface area (Å²) in [6.07, 6.45) is 0.572. The Kier molecular flexibility index (Phi) is 6.33. The predicted molar refractivity (Wildman–Crippen MR) is 76.1 cm³/mol. The van der Waals surface area contributed by atoms with E-state index < -0.39 is 5.97 Å². The minimum absolute atomic E-state index is 0.00363. The molecule has 0 aliphatic rings. The highest BCUT2D eigenvalue weighted by Crippen LogP contribution is 2.22. The maximum atomic E-state index is 11.8. The Morgan fingerprint density at radius 2 is 1.58 bits per heavy atom. The van der Waals surface area contributed by atoms with Gasteiger partial charge in [0.25, 0.3) is 0 Å². The minimum Gasteiger partial charge on any atom is -0.481 e. The molecule has 19 heavy (non-hydrogen) atoms. The minimum atomic E-state index is -0.898. The van der Waals surface area contributed by atoms with E-state index in [0.717, 1.165) is 0 Å². The van der Waals surface area contributed by atoms with Gasteiger partial charge in [-0.2, -0.15) is 0 Å². The molecule has 5 nitrogen and oxygen atoms in total. The molecule has 0 saturated carbocycles. The molecule has 1 atom stereocenters. The van der Waals surface area contributed by atoms with Crippen LogP contribution in [0.3, 0.4) is 0 Å². The summed E-state index contributed by atoms with van der Waals surface area (Å²) in [4.78, 5) is 22.6. The first-order valence-electron chi connectivity index (χ1n) is 6.65. The summed E-state index contributed by atoms with van der Waals surface area (Å²) >= 11 is 0. The summed E-state index contributed by atoms with van der Waals surface area (Å²) in [6.45, 7) is 12.7. The Morgan fingerprint density at radius 3 is 1.95 bits per heavy atom. The fourth-order valence-corrected chi connectivity index (χ4v) is 1.71. The van der Waals surface area contributed by atoms with Crippen LogP contribution in [-0.2, 0) is 4.79 Å². The smallest absolute Gasteiger partial charge is 0.315 e. The molecule has 2 amide bonds. The van der Waals surface area contributed by atoms with Crippen molar-refractivity contribution in [1.82, 2.24) is 10.6 Å².